The van der Waals surface area contributed by atoms with Gasteiger partial charge in [-0.25, -0.2) is 0 Å². The van der Waals surface area contributed by atoms with E-state index >= 15 is 0 Å². The van der Waals surface area contributed by atoms with Crippen LogP contribution in [0.1, 0.15) is 23.2 Å². The summed E-state index contributed by atoms with van der Waals surface area (Å²) in [6.45, 7) is 0. The average molecular weight is 208 g/mol. The number of aldehydes is 1. The number of ether oxygens (including phenoxy) is 1. The van der Waals surface area contributed by atoms with Gasteiger partial charge in [0.25, 0.3) is 0 Å². The van der Waals surface area contributed by atoms with Crippen LogP contribution < -0.4 is 4.74 Å². The zero-order valence-corrected chi connectivity index (χ0v) is 7.75. The molecule has 0 radical (unpaired) electrons. The number of pyridine rings is 1. The minimum absolute atomic E-state index is 0.131. The monoisotopic (exact) mass is 208 g/mol. The Kier molecular flexibility index (Phi) is 2.32. The summed E-state index contributed by atoms with van der Waals surface area (Å²) < 4.78 is 5.37. The second kappa shape index (κ2) is 3.64. The summed E-state index contributed by atoms with van der Waals surface area (Å²) in [5.41, 5.74) is 0.170. The van der Waals surface area contributed by atoms with E-state index in [0.717, 1.165) is 18.9 Å². The van der Waals surface area contributed by atoms with Crippen LogP contribution in [0.5, 0.6) is 5.75 Å². The second-order valence-electron chi connectivity index (χ2n) is 3.27. The number of nitrogens with zero attached hydrogens (tertiary/aromatic N) is 2. The summed E-state index contributed by atoms with van der Waals surface area (Å²) in [4.78, 5) is 24.0. The molecular formula is C9H8N2O4. The van der Waals surface area contributed by atoms with Crippen LogP contribution in [0.4, 0.5) is 5.82 Å². The van der Waals surface area contributed by atoms with Gasteiger partial charge in [0.1, 0.15) is 0 Å². The van der Waals surface area contributed by atoms with Gasteiger partial charge in [0, 0.05) is 0 Å². The number of carbonyl (C=O) groups is 1. The van der Waals surface area contributed by atoms with Gasteiger partial charge in [0.15, 0.2) is 18.2 Å². The SMILES string of the molecule is O=Cc1cc([N+](=O)[O-])ncc1OC1CC1. The lowest BCUT2D eigenvalue weighted by molar-refractivity contribution is -0.389. The zero-order chi connectivity index (χ0) is 10.8. The summed E-state index contributed by atoms with van der Waals surface area (Å²) in [5, 5.41) is 10.4. The van der Waals surface area contributed by atoms with E-state index in [1.54, 1.807) is 0 Å². The van der Waals surface area contributed by atoms with Gasteiger partial charge in [-0.05, 0) is 22.7 Å². The zero-order valence-electron chi connectivity index (χ0n) is 7.75. The maximum absolute atomic E-state index is 10.7. The fraction of sp³-hybridized carbons (Fsp3) is 0.333. The molecule has 15 heavy (non-hydrogen) atoms. The van der Waals surface area contributed by atoms with Crippen LogP contribution in [0.3, 0.4) is 0 Å². The Morgan fingerprint density at radius 3 is 2.87 bits per heavy atom. The first-order valence-electron chi connectivity index (χ1n) is 4.47. The van der Waals surface area contributed by atoms with Gasteiger partial charge in [0.05, 0.1) is 17.7 Å². The molecule has 1 aromatic rings. The number of aromatic nitrogens is 1. The first-order chi connectivity index (χ1) is 7.20. The van der Waals surface area contributed by atoms with Crippen LogP contribution in [-0.2, 0) is 0 Å². The van der Waals surface area contributed by atoms with E-state index < -0.39 is 4.92 Å². The highest BCUT2D eigenvalue weighted by Gasteiger charge is 2.26. The number of nitro groups is 1. The van der Waals surface area contributed by atoms with Crippen molar-refractivity contribution in [1.29, 1.82) is 0 Å². The van der Waals surface area contributed by atoms with Crippen LogP contribution in [0.15, 0.2) is 12.3 Å². The van der Waals surface area contributed by atoms with Crippen molar-refractivity contribution in [2.45, 2.75) is 18.9 Å². The van der Waals surface area contributed by atoms with Gasteiger partial charge in [-0.15, -0.1) is 0 Å². The first kappa shape index (κ1) is 9.57. The molecular weight excluding hydrogens is 200 g/mol. The molecule has 0 aliphatic heterocycles. The highest BCUT2D eigenvalue weighted by atomic mass is 16.6. The van der Waals surface area contributed by atoms with E-state index in [-0.39, 0.29) is 17.5 Å². The minimum atomic E-state index is -0.645. The lowest BCUT2D eigenvalue weighted by Gasteiger charge is -2.03. The van der Waals surface area contributed by atoms with E-state index in [1.165, 1.54) is 6.20 Å². The molecule has 0 aromatic carbocycles. The van der Waals surface area contributed by atoms with Crippen molar-refractivity contribution in [2.24, 2.45) is 0 Å². The first-order valence-corrected chi connectivity index (χ1v) is 4.47. The largest absolute Gasteiger partial charge is 0.486 e. The van der Waals surface area contributed by atoms with Crippen molar-refractivity contribution in [3.63, 3.8) is 0 Å². The summed E-state index contributed by atoms with van der Waals surface area (Å²) in [7, 11) is 0. The Hall–Kier alpha value is -1.98. The fourth-order valence-electron chi connectivity index (χ4n) is 1.10. The number of hydrogen-bond donors (Lipinski definition) is 0. The Morgan fingerprint density at radius 1 is 1.60 bits per heavy atom. The molecule has 0 N–H and O–H groups in total. The molecule has 1 aromatic heterocycles. The van der Waals surface area contributed by atoms with Gasteiger partial charge in [0.2, 0.25) is 0 Å². The van der Waals surface area contributed by atoms with Crippen molar-refractivity contribution < 1.29 is 14.5 Å². The topological polar surface area (TPSA) is 82.3 Å². The minimum Gasteiger partial charge on any atom is -0.486 e. The third-order valence-electron chi connectivity index (χ3n) is 2.02. The molecule has 0 bridgehead atoms. The lowest BCUT2D eigenvalue weighted by Crippen LogP contribution is -2.01. The number of rotatable bonds is 4. The summed E-state index contributed by atoms with van der Waals surface area (Å²) >= 11 is 0. The molecule has 0 spiro atoms. The predicted molar refractivity (Wildman–Crippen MR) is 49.9 cm³/mol. The molecule has 0 saturated heterocycles. The lowest BCUT2D eigenvalue weighted by atomic mass is 10.2. The standard InChI is InChI=1S/C9H8N2O4/c12-5-6-3-9(11(13)14)10-4-8(6)15-7-1-2-7/h3-5,7H,1-2H2. The van der Waals surface area contributed by atoms with Gasteiger partial charge < -0.3 is 14.9 Å². The normalized spacial score (nSPS) is 14.7. The van der Waals surface area contributed by atoms with Crippen LogP contribution in [0, 0.1) is 10.1 Å². The highest BCUT2D eigenvalue weighted by molar-refractivity contribution is 5.79. The van der Waals surface area contributed by atoms with Crippen molar-refractivity contribution in [2.75, 3.05) is 0 Å². The third-order valence-corrected chi connectivity index (χ3v) is 2.02. The molecule has 0 amide bonds. The second-order valence-corrected chi connectivity index (χ2v) is 3.27. The van der Waals surface area contributed by atoms with Crippen LogP contribution in [0.25, 0.3) is 0 Å². The number of carbonyl (C=O) groups excluding carboxylic acids is 1. The highest BCUT2D eigenvalue weighted by Crippen LogP contribution is 2.29. The number of hydrogen-bond acceptors (Lipinski definition) is 5. The van der Waals surface area contributed by atoms with Crippen LogP contribution in [0.2, 0.25) is 0 Å². The Balaban J connectivity index is 2.29. The molecule has 6 heteroatoms. The molecule has 6 nitrogen and oxygen atoms in total. The molecule has 1 saturated carbocycles. The molecule has 1 fully saturated rings. The summed E-state index contributed by atoms with van der Waals surface area (Å²) in [5.74, 6) is -0.0293. The third kappa shape index (κ3) is 2.09. The molecule has 0 atom stereocenters. The maximum Gasteiger partial charge on any atom is 0.364 e. The Morgan fingerprint density at radius 2 is 2.33 bits per heavy atom. The quantitative estimate of drug-likeness (QED) is 0.423. The van der Waals surface area contributed by atoms with E-state index in [4.69, 9.17) is 4.74 Å². The molecule has 78 valence electrons. The van der Waals surface area contributed by atoms with Crippen molar-refractivity contribution in [3.8, 4) is 5.75 Å². The van der Waals surface area contributed by atoms with E-state index in [0.29, 0.717) is 12.0 Å². The van der Waals surface area contributed by atoms with Gasteiger partial charge >= 0.3 is 5.82 Å². The summed E-state index contributed by atoms with van der Waals surface area (Å²) in [6, 6.07) is 1.12. The molecule has 2 rings (SSSR count). The smallest absolute Gasteiger partial charge is 0.364 e. The van der Waals surface area contributed by atoms with Gasteiger partial charge in [-0.3, -0.25) is 4.79 Å². The molecule has 1 aliphatic carbocycles. The van der Waals surface area contributed by atoms with E-state index in [9.17, 15) is 14.9 Å². The Labute approximate surface area is 85.0 Å². The van der Waals surface area contributed by atoms with Crippen molar-refractivity contribution in [3.05, 3.63) is 27.9 Å². The Bertz CT molecular complexity index is 415. The summed E-state index contributed by atoms with van der Waals surface area (Å²) in [6.07, 6.45) is 3.80. The van der Waals surface area contributed by atoms with E-state index in [2.05, 4.69) is 4.98 Å². The van der Waals surface area contributed by atoms with E-state index in [1.807, 2.05) is 0 Å². The predicted octanol–water partition coefficient (Wildman–Crippen LogP) is 1.34. The van der Waals surface area contributed by atoms with Crippen LogP contribution in [-0.4, -0.2) is 22.3 Å². The molecule has 1 heterocycles. The van der Waals surface area contributed by atoms with Crippen LogP contribution >= 0.6 is 0 Å². The fourth-order valence-corrected chi connectivity index (χ4v) is 1.10. The maximum atomic E-state index is 10.7. The van der Waals surface area contributed by atoms with Crippen molar-refractivity contribution in [1.82, 2.24) is 4.98 Å². The van der Waals surface area contributed by atoms with Gasteiger partial charge in [-0.2, -0.15) is 0 Å². The van der Waals surface area contributed by atoms with Crippen molar-refractivity contribution >= 4 is 12.1 Å². The molecule has 1 aliphatic rings. The average Bonchev–Trinajstić information content (AvgIpc) is 3.02. The van der Waals surface area contributed by atoms with Gasteiger partial charge in [-0.1, -0.05) is 0 Å². The molecule has 0 unspecified atom stereocenters.